The molecule has 1 aliphatic carbocycles. The van der Waals surface area contributed by atoms with Gasteiger partial charge in [0.15, 0.2) is 0 Å². The monoisotopic (exact) mass is 643 g/mol. The topological polar surface area (TPSA) is 4.93 Å². The zero-order valence-electron chi connectivity index (χ0n) is 29.5. The van der Waals surface area contributed by atoms with Gasteiger partial charge in [0, 0.05) is 27.3 Å². The van der Waals surface area contributed by atoms with Gasteiger partial charge in [0.25, 0.3) is 0 Å². The van der Waals surface area contributed by atoms with Crippen molar-refractivity contribution in [1.29, 1.82) is 0 Å². The molecule has 0 saturated carbocycles. The highest BCUT2D eigenvalue weighted by Crippen LogP contribution is 2.60. The van der Waals surface area contributed by atoms with Gasteiger partial charge in [-0.3, -0.25) is 0 Å². The summed E-state index contributed by atoms with van der Waals surface area (Å²) in [6.45, 7) is 11.7. The number of rotatable bonds is 4. The number of benzene rings is 7. The molecule has 9 rings (SSSR count). The third-order valence-corrected chi connectivity index (χ3v) is 11.7. The molecule has 0 aliphatic heterocycles. The zero-order valence-corrected chi connectivity index (χ0v) is 29.5. The molecule has 1 aliphatic rings. The van der Waals surface area contributed by atoms with Crippen LogP contribution in [0.4, 0.5) is 0 Å². The highest BCUT2D eigenvalue weighted by atomic mass is 15.0. The highest BCUT2D eigenvalue weighted by molar-refractivity contribution is 6.12. The molecule has 50 heavy (non-hydrogen) atoms. The molecule has 0 amide bonds. The van der Waals surface area contributed by atoms with E-state index >= 15 is 0 Å². The molecule has 1 heterocycles. The maximum atomic E-state index is 2.49. The van der Waals surface area contributed by atoms with Gasteiger partial charge in [-0.25, -0.2) is 0 Å². The van der Waals surface area contributed by atoms with Crippen LogP contribution in [0.1, 0.15) is 63.9 Å². The first-order valence-corrected chi connectivity index (χ1v) is 17.8. The fourth-order valence-corrected chi connectivity index (χ4v) is 9.30. The minimum atomic E-state index is -0.452. The van der Waals surface area contributed by atoms with Gasteiger partial charge < -0.3 is 4.57 Å². The van der Waals surface area contributed by atoms with Crippen molar-refractivity contribution in [2.24, 2.45) is 0 Å². The minimum absolute atomic E-state index is 0.440. The van der Waals surface area contributed by atoms with E-state index in [1.54, 1.807) is 0 Å². The van der Waals surface area contributed by atoms with Crippen LogP contribution in [-0.4, -0.2) is 4.57 Å². The van der Waals surface area contributed by atoms with E-state index in [0.717, 1.165) is 0 Å². The fourth-order valence-electron chi connectivity index (χ4n) is 9.30. The van der Waals surface area contributed by atoms with Crippen LogP contribution in [0.5, 0.6) is 0 Å². The smallest absolute Gasteiger partial charge is 0.0544 e. The summed E-state index contributed by atoms with van der Waals surface area (Å²) in [5.74, 6) is 0. The third kappa shape index (κ3) is 4.13. The normalized spacial score (nSPS) is 18.3. The van der Waals surface area contributed by atoms with Crippen molar-refractivity contribution in [2.75, 3.05) is 0 Å². The second-order valence-electron chi connectivity index (χ2n) is 14.6. The maximum absolute atomic E-state index is 2.49. The molecule has 7 aromatic carbocycles. The predicted octanol–water partition coefficient (Wildman–Crippen LogP) is 12.4. The third-order valence-electron chi connectivity index (χ3n) is 11.7. The Balaban J connectivity index is 1.53. The SMILES string of the molecule is Cc1cccc(-n2c3ccccc3c3c4c(ccc32)C(C)(c2ccccc2)c2c(ccc(C)c2-c2ccccc2C)C4(C)c2ccccc2)c1. The molecule has 0 bridgehead atoms. The van der Waals surface area contributed by atoms with Gasteiger partial charge >= 0.3 is 0 Å². The van der Waals surface area contributed by atoms with Crippen molar-refractivity contribution in [1.82, 2.24) is 4.57 Å². The number of nitrogens with zero attached hydrogens (tertiary/aromatic N) is 1. The van der Waals surface area contributed by atoms with E-state index in [1.807, 2.05) is 0 Å². The highest BCUT2D eigenvalue weighted by Gasteiger charge is 2.50. The average molecular weight is 644 g/mol. The van der Waals surface area contributed by atoms with Crippen LogP contribution in [0, 0.1) is 20.8 Å². The van der Waals surface area contributed by atoms with E-state index in [0.29, 0.717) is 0 Å². The van der Waals surface area contributed by atoms with Gasteiger partial charge in [-0.05, 0) is 120 Å². The summed E-state index contributed by atoms with van der Waals surface area (Å²) in [6, 6.07) is 59.0. The summed E-state index contributed by atoms with van der Waals surface area (Å²) in [4.78, 5) is 0. The van der Waals surface area contributed by atoms with E-state index < -0.39 is 10.8 Å². The van der Waals surface area contributed by atoms with Gasteiger partial charge in [-0.15, -0.1) is 0 Å². The summed E-state index contributed by atoms with van der Waals surface area (Å²) >= 11 is 0. The lowest BCUT2D eigenvalue weighted by Gasteiger charge is -2.49. The summed E-state index contributed by atoms with van der Waals surface area (Å²) in [5.41, 5.74) is 17.4. The molecule has 8 aromatic rings. The number of fused-ring (bicyclic) bond motifs is 6. The molecule has 0 saturated heterocycles. The summed E-state index contributed by atoms with van der Waals surface area (Å²) in [7, 11) is 0. The van der Waals surface area contributed by atoms with E-state index in [4.69, 9.17) is 0 Å². The summed E-state index contributed by atoms with van der Waals surface area (Å²) < 4.78 is 2.48. The Kier molecular flexibility index (Phi) is 6.80. The van der Waals surface area contributed by atoms with Gasteiger partial charge in [0.05, 0.1) is 11.0 Å². The van der Waals surface area contributed by atoms with Crippen LogP contribution >= 0.6 is 0 Å². The lowest BCUT2D eigenvalue weighted by atomic mass is 9.53. The fraction of sp³-hybridized carbons (Fsp3) is 0.143. The second-order valence-corrected chi connectivity index (χ2v) is 14.6. The Morgan fingerprint density at radius 1 is 0.460 bits per heavy atom. The number of hydrogen-bond acceptors (Lipinski definition) is 0. The minimum Gasteiger partial charge on any atom is -0.309 e. The first kappa shape index (κ1) is 30.4. The van der Waals surface area contributed by atoms with Crippen molar-refractivity contribution >= 4 is 21.8 Å². The van der Waals surface area contributed by atoms with Gasteiger partial charge in [-0.1, -0.05) is 133 Å². The molecule has 0 fully saturated rings. The largest absolute Gasteiger partial charge is 0.309 e. The van der Waals surface area contributed by atoms with Crippen LogP contribution in [0.2, 0.25) is 0 Å². The molecule has 1 aromatic heterocycles. The Bertz CT molecular complexity index is 2590. The molecular formula is C49H41N. The molecule has 2 atom stereocenters. The van der Waals surface area contributed by atoms with Crippen LogP contribution in [0.3, 0.4) is 0 Å². The Morgan fingerprint density at radius 2 is 1.06 bits per heavy atom. The Labute approximate surface area is 295 Å². The van der Waals surface area contributed by atoms with Gasteiger partial charge in [0.1, 0.15) is 0 Å². The molecule has 2 unspecified atom stereocenters. The van der Waals surface area contributed by atoms with Crippen LogP contribution < -0.4 is 0 Å². The summed E-state index contributed by atoms with van der Waals surface area (Å²) in [6.07, 6.45) is 0. The number of para-hydroxylation sites is 1. The Morgan fingerprint density at radius 3 is 1.76 bits per heavy atom. The van der Waals surface area contributed by atoms with E-state index in [1.165, 1.54) is 88.7 Å². The molecular weight excluding hydrogens is 603 g/mol. The molecule has 1 heteroatoms. The lowest BCUT2D eigenvalue weighted by molar-refractivity contribution is 0.573. The summed E-state index contributed by atoms with van der Waals surface area (Å²) in [5, 5.41) is 2.62. The van der Waals surface area contributed by atoms with Gasteiger partial charge in [-0.2, -0.15) is 0 Å². The van der Waals surface area contributed by atoms with Crippen LogP contribution in [0.15, 0.2) is 158 Å². The first-order valence-electron chi connectivity index (χ1n) is 17.8. The lowest BCUT2D eigenvalue weighted by Crippen LogP contribution is -2.42. The molecule has 0 radical (unpaired) electrons. The van der Waals surface area contributed by atoms with Crippen molar-refractivity contribution in [3.63, 3.8) is 0 Å². The van der Waals surface area contributed by atoms with Crippen LogP contribution in [-0.2, 0) is 10.8 Å². The number of hydrogen-bond donors (Lipinski definition) is 0. The van der Waals surface area contributed by atoms with Gasteiger partial charge in [0.2, 0.25) is 0 Å². The zero-order chi connectivity index (χ0) is 34.2. The van der Waals surface area contributed by atoms with Crippen molar-refractivity contribution in [2.45, 2.75) is 45.4 Å². The van der Waals surface area contributed by atoms with E-state index in [9.17, 15) is 0 Å². The van der Waals surface area contributed by atoms with Crippen LogP contribution in [0.25, 0.3) is 38.6 Å². The number of aryl methyl sites for hydroxylation is 3. The maximum Gasteiger partial charge on any atom is 0.0544 e. The molecule has 0 spiro atoms. The van der Waals surface area contributed by atoms with Crippen molar-refractivity contribution in [3.8, 4) is 16.8 Å². The Hall–Kier alpha value is -5.66. The first-order chi connectivity index (χ1) is 24.3. The van der Waals surface area contributed by atoms with E-state index in [-0.39, 0.29) is 0 Å². The molecule has 0 N–H and O–H groups in total. The van der Waals surface area contributed by atoms with E-state index in [2.05, 4.69) is 197 Å². The molecule has 1 nitrogen and oxygen atoms in total. The average Bonchev–Trinajstić information content (AvgIpc) is 3.49. The number of aromatic nitrogens is 1. The predicted molar refractivity (Wildman–Crippen MR) is 211 cm³/mol. The van der Waals surface area contributed by atoms with Crippen molar-refractivity contribution < 1.29 is 0 Å². The second kappa shape index (κ2) is 11.2. The standard InChI is InChI=1S/C49H41N/c1-32-17-16-23-37(31-32)50-42-26-15-14-25-39(42)45-43(50)30-29-41-47(45)49(5,36-21-10-7-11-22-36)40-28-27-34(3)44(38-24-13-12-18-33(38)2)46(40)48(41,4)35-19-8-6-9-20-35/h6-31H,1-5H3. The quantitative estimate of drug-likeness (QED) is 0.180. The van der Waals surface area contributed by atoms with Crippen molar-refractivity contribution in [3.05, 3.63) is 208 Å². The molecule has 242 valence electrons.